The zero-order valence-electron chi connectivity index (χ0n) is 11.9. The minimum Gasteiger partial charge on any atom is -0.489 e. The maximum absolute atomic E-state index is 5.81. The van der Waals surface area contributed by atoms with Crippen molar-refractivity contribution >= 4 is 22.6 Å². The number of nitrogens with one attached hydrogen (secondary N) is 1. The lowest BCUT2D eigenvalue weighted by molar-refractivity contribution is 0.306. The van der Waals surface area contributed by atoms with Gasteiger partial charge in [-0.05, 0) is 71.5 Å². The molecule has 20 heavy (non-hydrogen) atoms. The van der Waals surface area contributed by atoms with Crippen LogP contribution in [-0.2, 0) is 6.61 Å². The first-order valence-electron chi connectivity index (χ1n) is 6.87. The van der Waals surface area contributed by atoms with E-state index in [1.165, 1.54) is 14.7 Å². The highest BCUT2D eigenvalue weighted by Gasteiger charge is 2.06. The highest BCUT2D eigenvalue weighted by Crippen LogP contribution is 2.20. The van der Waals surface area contributed by atoms with Crippen LogP contribution in [0.15, 0.2) is 48.5 Å². The third-order valence-corrected chi connectivity index (χ3v) is 4.08. The zero-order chi connectivity index (χ0) is 14.4. The number of hydrogen-bond donors (Lipinski definition) is 1. The van der Waals surface area contributed by atoms with Gasteiger partial charge < -0.3 is 10.1 Å². The molecule has 0 amide bonds. The summed E-state index contributed by atoms with van der Waals surface area (Å²) in [5.41, 5.74) is 2.49. The molecular weight excluding hydrogens is 361 g/mol. The summed E-state index contributed by atoms with van der Waals surface area (Å²) < 4.78 is 7.05. The van der Waals surface area contributed by atoms with Crippen LogP contribution >= 0.6 is 22.6 Å². The van der Waals surface area contributed by atoms with E-state index in [0.29, 0.717) is 12.6 Å². The average molecular weight is 381 g/mol. The average Bonchev–Trinajstić information content (AvgIpc) is 2.49. The first kappa shape index (κ1) is 15.3. The molecule has 0 aliphatic carbocycles. The van der Waals surface area contributed by atoms with Gasteiger partial charge in [0.25, 0.3) is 0 Å². The molecule has 106 valence electrons. The Balaban J connectivity index is 1.95. The molecule has 1 N–H and O–H groups in total. The maximum Gasteiger partial charge on any atom is 0.119 e. The summed E-state index contributed by atoms with van der Waals surface area (Å²) in [6.45, 7) is 2.79. The summed E-state index contributed by atoms with van der Waals surface area (Å²) >= 11 is 2.31. The fourth-order valence-electron chi connectivity index (χ4n) is 2.15. The predicted molar refractivity (Wildman–Crippen MR) is 92.0 cm³/mol. The van der Waals surface area contributed by atoms with E-state index in [4.69, 9.17) is 4.74 Å². The van der Waals surface area contributed by atoms with Crippen LogP contribution in [0.5, 0.6) is 5.75 Å². The van der Waals surface area contributed by atoms with Gasteiger partial charge in [0.1, 0.15) is 12.4 Å². The van der Waals surface area contributed by atoms with Crippen LogP contribution in [0.2, 0.25) is 0 Å². The molecule has 2 rings (SSSR count). The first-order chi connectivity index (χ1) is 9.72. The van der Waals surface area contributed by atoms with Crippen molar-refractivity contribution in [1.29, 1.82) is 0 Å². The topological polar surface area (TPSA) is 21.3 Å². The standard InChI is InChI=1S/C17H20INO/c1-3-17(19-2)14-6-10-16(11-7-14)20-12-13-4-8-15(18)9-5-13/h4-11,17,19H,3,12H2,1-2H3. The number of hydrogen-bond acceptors (Lipinski definition) is 2. The third-order valence-electron chi connectivity index (χ3n) is 3.36. The molecule has 1 atom stereocenters. The summed E-state index contributed by atoms with van der Waals surface area (Å²) in [6, 6.07) is 17.2. The molecule has 0 aliphatic rings. The highest BCUT2D eigenvalue weighted by molar-refractivity contribution is 14.1. The van der Waals surface area contributed by atoms with Crippen molar-refractivity contribution < 1.29 is 4.74 Å². The lowest BCUT2D eigenvalue weighted by atomic mass is 10.0. The van der Waals surface area contributed by atoms with Gasteiger partial charge in [0.05, 0.1) is 0 Å². The van der Waals surface area contributed by atoms with Gasteiger partial charge >= 0.3 is 0 Å². The molecule has 0 aliphatic heterocycles. The van der Waals surface area contributed by atoms with Gasteiger partial charge in [-0.3, -0.25) is 0 Å². The van der Waals surface area contributed by atoms with Gasteiger partial charge in [0, 0.05) is 9.61 Å². The molecule has 0 bridgehead atoms. The summed E-state index contributed by atoms with van der Waals surface area (Å²) in [5.74, 6) is 0.915. The van der Waals surface area contributed by atoms with E-state index in [-0.39, 0.29) is 0 Å². The van der Waals surface area contributed by atoms with Crippen LogP contribution in [-0.4, -0.2) is 7.05 Å². The van der Waals surface area contributed by atoms with Gasteiger partial charge in [0.15, 0.2) is 0 Å². The van der Waals surface area contributed by atoms with Gasteiger partial charge in [-0.15, -0.1) is 0 Å². The summed E-state index contributed by atoms with van der Waals surface area (Å²) in [6.07, 6.45) is 1.08. The molecule has 2 aromatic rings. The quantitative estimate of drug-likeness (QED) is 0.742. The molecule has 2 nitrogen and oxygen atoms in total. The minimum absolute atomic E-state index is 0.417. The largest absolute Gasteiger partial charge is 0.489 e. The molecule has 0 aromatic heterocycles. The molecule has 0 heterocycles. The predicted octanol–water partition coefficient (Wildman–Crippen LogP) is 4.54. The van der Waals surface area contributed by atoms with Crippen molar-refractivity contribution in [3.05, 3.63) is 63.2 Å². The van der Waals surface area contributed by atoms with Crippen molar-refractivity contribution in [1.82, 2.24) is 5.32 Å². The molecule has 2 aromatic carbocycles. The Labute approximate surface area is 134 Å². The van der Waals surface area contributed by atoms with Crippen molar-refractivity contribution in [3.63, 3.8) is 0 Å². The molecule has 0 radical (unpaired) electrons. The lowest BCUT2D eigenvalue weighted by Crippen LogP contribution is -2.14. The fourth-order valence-corrected chi connectivity index (χ4v) is 2.51. The van der Waals surface area contributed by atoms with Crippen LogP contribution in [0, 0.1) is 3.57 Å². The monoisotopic (exact) mass is 381 g/mol. The van der Waals surface area contributed by atoms with Crippen molar-refractivity contribution in [3.8, 4) is 5.75 Å². The molecule has 0 saturated heterocycles. The van der Waals surface area contributed by atoms with Crippen molar-refractivity contribution in [2.24, 2.45) is 0 Å². The summed E-state index contributed by atoms with van der Waals surface area (Å²) in [4.78, 5) is 0. The van der Waals surface area contributed by atoms with E-state index >= 15 is 0 Å². The SMILES string of the molecule is CCC(NC)c1ccc(OCc2ccc(I)cc2)cc1. The second kappa shape index (κ2) is 7.64. The fraction of sp³-hybridized carbons (Fsp3) is 0.294. The van der Waals surface area contributed by atoms with E-state index in [1.54, 1.807) is 0 Å². The van der Waals surface area contributed by atoms with E-state index < -0.39 is 0 Å². The van der Waals surface area contributed by atoms with Crippen LogP contribution in [0.25, 0.3) is 0 Å². The van der Waals surface area contributed by atoms with Crippen LogP contribution < -0.4 is 10.1 Å². The van der Waals surface area contributed by atoms with E-state index in [1.807, 2.05) is 19.2 Å². The zero-order valence-corrected chi connectivity index (χ0v) is 14.1. The molecular formula is C17H20INO. The van der Waals surface area contributed by atoms with Crippen LogP contribution in [0.4, 0.5) is 0 Å². The second-order valence-electron chi connectivity index (χ2n) is 4.73. The minimum atomic E-state index is 0.417. The molecule has 1 unspecified atom stereocenters. The van der Waals surface area contributed by atoms with E-state index in [2.05, 4.69) is 71.2 Å². The Morgan fingerprint density at radius 2 is 1.70 bits per heavy atom. The van der Waals surface area contributed by atoms with Crippen LogP contribution in [0.3, 0.4) is 0 Å². The Kier molecular flexibility index (Phi) is 5.86. The number of benzene rings is 2. The van der Waals surface area contributed by atoms with Gasteiger partial charge in [-0.1, -0.05) is 31.2 Å². The third kappa shape index (κ3) is 4.21. The molecule has 3 heteroatoms. The Bertz CT molecular complexity index is 518. The highest BCUT2D eigenvalue weighted by atomic mass is 127. The van der Waals surface area contributed by atoms with Gasteiger partial charge in [-0.25, -0.2) is 0 Å². The van der Waals surface area contributed by atoms with Gasteiger partial charge in [-0.2, -0.15) is 0 Å². The van der Waals surface area contributed by atoms with Crippen molar-refractivity contribution in [2.45, 2.75) is 26.0 Å². The smallest absolute Gasteiger partial charge is 0.119 e. The van der Waals surface area contributed by atoms with Crippen LogP contribution in [0.1, 0.15) is 30.5 Å². The van der Waals surface area contributed by atoms with E-state index in [9.17, 15) is 0 Å². The lowest BCUT2D eigenvalue weighted by Gasteiger charge is -2.14. The van der Waals surface area contributed by atoms with Gasteiger partial charge in [0.2, 0.25) is 0 Å². The Morgan fingerprint density at radius 3 is 2.25 bits per heavy atom. The second-order valence-corrected chi connectivity index (χ2v) is 5.98. The molecule has 0 saturated carbocycles. The number of halogens is 1. The van der Waals surface area contributed by atoms with Crippen molar-refractivity contribution in [2.75, 3.05) is 7.05 Å². The normalized spacial score (nSPS) is 12.2. The van der Waals surface area contributed by atoms with E-state index in [0.717, 1.165) is 12.2 Å². The number of rotatable bonds is 6. The molecule has 0 fully saturated rings. The summed E-state index contributed by atoms with van der Waals surface area (Å²) in [7, 11) is 2.00. The Hall–Kier alpha value is -1.07. The molecule has 0 spiro atoms. The maximum atomic E-state index is 5.81. The summed E-state index contributed by atoms with van der Waals surface area (Å²) in [5, 5.41) is 3.31. The Morgan fingerprint density at radius 1 is 1.05 bits per heavy atom. The number of ether oxygens (including phenoxy) is 1. The first-order valence-corrected chi connectivity index (χ1v) is 7.95.